The van der Waals surface area contributed by atoms with Gasteiger partial charge in [-0.1, -0.05) is 19.3 Å². The van der Waals surface area contributed by atoms with Crippen molar-refractivity contribution >= 4 is 5.91 Å². The molecule has 0 aromatic carbocycles. The van der Waals surface area contributed by atoms with Crippen molar-refractivity contribution in [1.29, 1.82) is 5.26 Å². The molecule has 3 rings (SSSR count). The number of ether oxygens (including phenoxy) is 1. The van der Waals surface area contributed by atoms with Crippen molar-refractivity contribution < 1.29 is 9.53 Å². The van der Waals surface area contributed by atoms with E-state index in [2.05, 4.69) is 28.3 Å². The normalized spacial score (nSPS) is 15.6. The molecule has 1 N–H and O–H groups in total. The molecule has 1 saturated carbocycles. The largest absolute Gasteiger partial charge is 0.472 e. The minimum Gasteiger partial charge on any atom is -0.472 e. The van der Waals surface area contributed by atoms with E-state index in [9.17, 15) is 10.1 Å². The van der Waals surface area contributed by atoms with Gasteiger partial charge in [-0.3, -0.25) is 9.78 Å². The fraction of sp³-hybridized carbons (Fsp3) is 0.429. The molecule has 1 aliphatic carbocycles. The van der Waals surface area contributed by atoms with Crippen LogP contribution in [0.5, 0.6) is 5.88 Å². The number of aromatic nitrogens is 2. The van der Waals surface area contributed by atoms with E-state index in [4.69, 9.17) is 4.74 Å². The van der Waals surface area contributed by atoms with Gasteiger partial charge in [0.25, 0.3) is 5.91 Å². The first-order chi connectivity index (χ1) is 13.2. The number of carbonyl (C=O) groups excluding carboxylic acids is 1. The molecule has 2 aromatic rings. The Hall–Kier alpha value is -2.94. The minimum absolute atomic E-state index is 0.117. The average molecular weight is 364 g/mol. The molecule has 1 amide bonds. The third kappa shape index (κ3) is 5.04. The van der Waals surface area contributed by atoms with Crippen LogP contribution in [0.15, 0.2) is 36.8 Å². The predicted molar refractivity (Wildman–Crippen MR) is 101 cm³/mol. The van der Waals surface area contributed by atoms with Gasteiger partial charge in [0, 0.05) is 24.6 Å². The standard InChI is InChI=1S/C21H24N4O2/c1-15(17-5-3-2-4-6-17)25-20(26)19-11-18(12-22)21(24-13-19)27-14-16-7-9-23-10-8-16/h7-11,13,15,17H,2-6,14H2,1H3,(H,25,26)/t15-/m1/s1. The molecule has 6 nitrogen and oxygen atoms in total. The second-order valence-electron chi connectivity index (χ2n) is 6.99. The number of rotatable bonds is 6. The Morgan fingerprint density at radius 3 is 2.78 bits per heavy atom. The molecule has 2 heterocycles. The molecule has 0 spiro atoms. The molecule has 27 heavy (non-hydrogen) atoms. The quantitative estimate of drug-likeness (QED) is 0.846. The molecule has 140 valence electrons. The number of nitrogens with zero attached hydrogens (tertiary/aromatic N) is 3. The van der Waals surface area contributed by atoms with Gasteiger partial charge in [-0.2, -0.15) is 5.26 Å². The van der Waals surface area contributed by atoms with Crippen LogP contribution in [0.4, 0.5) is 0 Å². The van der Waals surface area contributed by atoms with E-state index >= 15 is 0 Å². The maximum absolute atomic E-state index is 12.5. The lowest BCUT2D eigenvalue weighted by Crippen LogP contribution is -2.38. The number of pyridine rings is 2. The Morgan fingerprint density at radius 1 is 1.33 bits per heavy atom. The number of amides is 1. The topological polar surface area (TPSA) is 87.9 Å². The average Bonchev–Trinajstić information content (AvgIpc) is 2.73. The van der Waals surface area contributed by atoms with Crippen LogP contribution in [0.1, 0.15) is 60.5 Å². The van der Waals surface area contributed by atoms with Gasteiger partial charge in [0.05, 0.1) is 5.56 Å². The Balaban J connectivity index is 1.64. The van der Waals surface area contributed by atoms with E-state index in [1.165, 1.54) is 31.5 Å². The van der Waals surface area contributed by atoms with Crippen LogP contribution in [-0.2, 0) is 6.61 Å². The number of hydrogen-bond acceptors (Lipinski definition) is 5. The lowest BCUT2D eigenvalue weighted by molar-refractivity contribution is 0.0918. The Kier molecular flexibility index (Phi) is 6.37. The molecule has 2 aromatic heterocycles. The Bertz CT molecular complexity index is 811. The summed E-state index contributed by atoms with van der Waals surface area (Å²) in [6, 6.07) is 7.39. The molecular formula is C21H24N4O2. The first-order valence-electron chi connectivity index (χ1n) is 9.40. The number of nitriles is 1. The minimum atomic E-state index is -0.197. The molecule has 0 bridgehead atoms. The molecule has 0 radical (unpaired) electrons. The zero-order valence-electron chi connectivity index (χ0n) is 15.5. The van der Waals surface area contributed by atoms with Gasteiger partial charge in [-0.25, -0.2) is 4.98 Å². The summed E-state index contributed by atoms with van der Waals surface area (Å²) >= 11 is 0. The van der Waals surface area contributed by atoms with Crippen LogP contribution in [0.3, 0.4) is 0 Å². The van der Waals surface area contributed by atoms with E-state index in [1.54, 1.807) is 12.4 Å². The summed E-state index contributed by atoms with van der Waals surface area (Å²) in [6.45, 7) is 2.34. The summed E-state index contributed by atoms with van der Waals surface area (Å²) in [5.74, 6) is 0.554. The first kappa shape index (κ1) is 18.8. The van der Waals surface area contributed by atoms with Gasteiger partial charge >= 0.3 is 0 Å². The van der Waals surface area contributed by atoms with Crippen molar-refractivity contribution in [2.24, 2.45) is 5.92 Å². The third-order valence-electron chi connectivity index (χ3n) is 5.07. The SMILES string of the molecule is C[C@@H](NC(=O)c1cnc(OCc2ccncc2)c(C#N)c1)C1CCCCC1. The molecule has 0 aliphatic heterocycles. The second kappa shape index (κ2) is 9.13. The fourth-order valence-electron chi connectivity index (χ4n) is 3.44. The second-order valence-corrected chi connectivity index (χ2v) is 6.99. The summed E-state index contributed by atoms with van der Waals surface area (Å²) < 4.78 is 5.63. The van der Waals surface area contributed by atoms with Crippen molar-refractivity contribution in [1.82, 2.24) is 15.3 Å². The van der Waals surface area contributed by atoms with Crippen LogP contribution in [-0.4, -0.2) is 21.9 Å². The zero-order valence-corrected chi connectivity index (χ0v) is 15.5. The van der Waals surface area contributed by atoms with Gasteiger partial charge in [-0.05, 0) is 49.4 Å². The Labute approximate surface area is 159 Å². The maximum Gasteiger partial charge on any atom is 0.253 e. The van der Waals surface area contributed by atoms with E-state index < -0.39 is 0 Å². The van der Waals surface area contributed by atoms with Gasteiger partial charge in [0.2, 0.25) is 5.88 Å². The maximum atomic E-state index is 12.5. The van der Waals surface area contributed by atoms with Gasteiger partial charge in [0.15, 0.2) is 0 Å². The molecular weight excluding hydrogens is 340 g/mol. The van der Waals surface area contributed by atoms with Crippen molar-refractivity contribution in [3.8, 4) is 11.9 Å². The van der Waals surface area contributed by atoms with Gasteiger partial charge in [-0.15, -0.1) is 0 Å². The lowest BCUT2D eigenvalue weighted by atomic mass is 9.84. The van der Waals surface area contributed by atoms with Crippen LogP contribution in [0, 0.1) is 17.2 Å². The molecule has 1 atom stereocenters. The van der Waals surface area contributed by atoms with Crippen molar-refractivity contribution in [2.45, 2.75) is 51.7 Å². The van der Waals surface area contributed by atoms with Crippen molar-refractivity contribution in [2.75, 3.05) is 0 Å². The van der Waals surface area contributed by atoms with Crippen LogP contribution >= 0.6 is 0 Å². The van der Waals surface area contributed by atoms with Crippen LogP contribution in [0.25, 0.3) is 0 Å². The van der Waals surface area contributed by atoms with Crippen LogP contribution < -0.4 is 10.1 Å². The van der Waals surface area contributed by atoms with Crippen LogP contribution in [0.2, 0.25) is 0 Å². The predicted octanol–water partition coefficient (Wildman–Crippen LogP) is 3.63. The van der Waals surface area contributed by atoms with E-state index in [0.717, 1.165) is 18.4 Å². The summed E-state index contributed by atoms with van der Waals surface area (Å²) in [4.78, 5) is 20.7. The van der Waals surface area contributed by atoms with Gasteiger partial charge in [0.1, 0.15) is 18.2 Å². The van der Waals surface area contributed by atoms with Crippen molar-refractivity contribution in [3.63, 3.8) is 0 Å². The monoisotopic (exact) mass is 364 g/mol. The van der Waals surface area contributed by atoms with E-state index in [1.807, 2.05) is 12.1 Å². The number of carbonyl (C=O) groups is 1. The molecule has 0 unspecified atom stereocenters. The van der Waals surface area contributed by atoms with E-state index in [0.29, 0.717) is 11.5 Å². The summed E-state index contributed by atoms with van der Waals surface area (Å²) in [5.41, 5.74) is 1.56. The highest BCUT2D eigenvalue weighted by Gasteiger charge is 2.22. The molecule has 1 fully saturated rings. The Morgan fingerprint density at radius 2 is 2.07 bits per heavy atom. The number of hydrogen-bond donors (Lipinski definition) is 1. The highest BCUT2D eigenvalue weighted by Crippen LogP contribution is 2.26. The lowest BCUT2D eigenvalue weighted by Gasteiger charge is -2.28. The molecule has 0 saturated heterocycles. The smallest absolute Gasteiger partial charge is 0.253 e. The molecule has 6 heteroatoms. The summed E-state index contributed by atoms with van der Waals surface area (Å²) in [6.07, 6.45) is 10.9. The third-order valence-corrected chi connectivity index (χ3v) is 5.07. The number of nitrogens with one attached hydrogen (secondary N) is 1. The first-order valence-corrected chi connectivity index (χ1v) is 9.40. The fourth-order valence-corrected chi connectivity index (χ4v) is 3.44. The van der Waals surface area contributed by atoms with Gasteiger partial charge < -0.3 is 10.1 Å². The highest BCUT2D eigenvalue weighted by molar-refractivity contribution is 5.94. The summed E-state index contributed by atoms with van der Waals surface area (Å²) in [7, 11) is 0. The highest BCUT2D eigenvalue weighted by atomic mass is 16.5. The van der Waals surface area contributed by atoms with Crippen molar-refractivity contribution in [3.05, 3.63) is 53.5 Å². The summed E-state index contributed by atoms with van der Waals surface area (Å²) in [5, 5.41) is 12.5. The zero-order chi connectivity index (χ0) is 19.1. The molecule has 1 aliphatic rings. The van der Waals surface area contributed by atoms with E-state index in [-0.39, 0.29) is 30.0 Å².